The van der Waals surface area contributed by atoms with Gasteiger partial charge in [-0.05, 0) is 30.5 Å². The Morgan fingerprint density at radius 1 is 1.32 bits per heavy atom. The summed E-state index contributed by atoms with van der Waals surface area (Å²) in [6, 6.07) is 8.06. The van der Waals surface area contributed by atoms with Crippen LogP contribution in [0.3, 0.4) is 0 Å². The molecule has 0 bridgehead atoms. The van der Waals surface area contributed by atoms with E-state index in [9.17, 15) is 9.90 Å². The summed E-state index contributed by atoms with van der Waals surface area (Å²) in [6.45, 7) is 8.40. The lowest BCUT2D eigenvalue weighted by molar-refractivity contribution is 0.0646. The minimum atomic E-state index is -0.223. The molecule has 1 atom stereocenters. The van der Waals surface area contributed by atoms with Crippen molar-refractivity contribution in [3.8, 4) is 11.4 Å². The molecule has 25 heavy (non-hydrogen) atoms. The van der Waals surface area contributed by atoms with Crippen molar-refractivity contribution in [2.24, 2.45) is 0 Å². The molecule has 1 fully saturated rings. The summed E-state index contributed by atoms with van der Waals surface area (Å²) in [6.07, 6.45) is 1.49. The molecule has 1 amide bonds. The summed E-state index contributed by atoms with van der Waals surface area (Å²) in [5.41, 5.74) is 2.17. The lowest BCUT2D eigenvalue weighted by Gasteiger charge is -2.33. The van der Waals surface area contributed by atoms with Crippen LogP contribution in [0.15, 0.2) is 30.5 Å². The molecule has 3 rings (SSSR count). The van der Waals surface area contributed by atoms with E-state index in [-0.39, 0.29) is 35.8 Å². The number of benzene rings is 1. The highest BCUT2D eigenvalue weighted by atomic mass is 35.5. The first-order valence-corrected chi connectivity index (χ1v) is 8.38. The normalized spacial score (nSPS) is 17.4. The van der Waals surface area contributed by atoms with Gasteiger partial charge >= 0.3 is 0 Å². The standard InChI is InChI=1S/C18H24N4O2.ClH/c1-12(2)14-4-6-15(7-5-14)22-11-16(23)17(20-22)18(24)21-9-8-19-10-13(21)3;/h4-7,11-13,19,23H,8-10H2,1-3H3;1H/t13-;/m0./s1. The number of hydrogen-bond acceptors (Lipinski definition) is 4. The fourth-order valence-electron chi connectivity index (χ4n) is 2.94. The largest absolute Gasteiger partial charge is 0.504 e. The van der Waals surface area contributed by atoms with Crippen molar-refractivity contribution >= 4 is 18.3 Å². The number of aromatic hydroxyl groups is 1. The number of nitrogens with zero attached hydrogens (tertiary/aromatic N) is 3. The van der Waals surface area contributed by atoms with Crippen LogP contribution in [-0.2, 0) is 0 Å². The highest BCUT2D eigenvalue weighted by molar-refractivity contribution is 5.95. The molecule has 1 aromatic carbocycles. The predicted octanol–water partition coefficient (Wildman–Crippen LogP) is 2.56. The molecular formula is C18H25ClN4O2. The number of aromatic nitrogens is 2. The molecule has 0 aliphatic carbocycles. The Morgan fingerprint density at radius 2 is 2.00 bits per heavy atom. The number of hydrogen-bond donors (Lipinski definition) is 2. The molecule has 0 spiro atoms. The van der Waals surface area contributed by atoms with Gasteiger partial charge in [0.05, 0.1) is 11.9 Å². The molecule has 0 radical (unpaired) electrons. The molecule has 1 saturated heterocycles. The molecule has 1 aliphatic rings. The van der Waals surface area contributed by atoms with Gasteiger partial charge in [0.2, 0.25) is 0 Å². The molecule has 1 aromatic heterocycles. The fraction of sp³-hybridized carbons (Fsp3) is 0.444. The molecule has 0 unspecified atom stereocenters. The van der Waals surface area contributed by atoms with Gasteiger partial charge in [-0.2, -0.15) is 5.10 Å². The van der Waals surface area contributed by atoms with E-state index < -0.39 is 0 Å². The van der Waals surface area contributed by atoms with Crippen molar-refractivity contribution in [2.75, 3.05) is 19.6 Å². The van der Waals surface area contributed by atoms with Gasteiger partial charge in [0, 0.05) is 25.7 Å². The van der Waals surface area contributed by atoms with Gasteiger partial charge in [0.15, 0.2) is 11.4 Å². The number of amides is 1. The summed E-state index contributed by atoms with van der Waals surface area (Å²) in [7, 11) is 0. The van der Waals surface area contributed by atoms with Crippen molar-refractivity contribution < 1.29 is 9.90 Å². The minimum absolute atomic E-state index is 0. The third kappa shape index (κ3) is 3.96. The Hall–Kier alpha value is -2.05. The summed E-state index contributed by atoms with van der Waals surface area (Å²) >= 11 is 0. The van der Waals surface area contributed by atoms with Crippen molar-refractivity contribution in [3.05, 3.63) is 41.7 Å². The Balaban J connectivity index is 0.00000225. The van der Waals surface area contributed by atoms with Gasteiger partial charge in [0.25, 0.3) is 5.91 Å². The number of rotatable bonds is 3. The monoisotopic (exact) mass is 364 g/mol. The van der Waals surface area contributed by atoms with E-state index >= 15 is 0 Å². The number of carbonyl (C=O) groups is 1. The second-order valence-corrected chi connectivity index (χ2v) is 6.61. The van der Waals surface area contributed by atoms with Gasteiger partial charge in [-0.1, -0.05) is 26.0 Å². The highest BCUT2D eigenvalue weighted by Gasteiger charge is 2.28. The van der Waals surface area contributed by atoms with Crippen molar-refractivity contribution in [1.82, 2.24) is 20.0 Å². The van der Waals surface area contributed by atoms with Crippen LogP contribution in [0.5, 0.6) is 5.75 Å². The van der Waals surface area contributed by atoms with Crippen LogP contribution in [0.1, 0.15) is 42.7 Å². The zero-order valence-electron chi connectivity index (χ0n) is 14.8. The molecule has 7 heteroatoms. The third-order valence-electron chi connectivity index (χ3n) is 4.48. The maximum absolute atomic E-state index is 12.7. The van der Waals surface area contributed by atoms with E-state index in [1.54, 1.807) is 9.58 Å². The molecule has 2 heterocycles. The lowest BCUT2D eigenvalue weighted by atomic mass is 10.0. The van der Waals surface area contributed by atoms with Gasteiger partial charge < -0.3 is 15.3 Å². The van der Waals surface area contributed by atoms with E-state index in [2.05, 4.69) is 24.3 Å². The van der Waals surface area contributed by atoms with Gasteiger partial charge in [-0.25, -0.2) is 4.68 Å². The van der Waals surface area contributed by atoms with E-state index in [0.717, 1.165) is 18.8 Å². The van der Waals surface area contributed by atoms with Gasteiger partial charge in [-0.15, -0.1) is 12.4 Å². The highest BCUT2D eigenvalue weighted by Crippen LogP contribution is 2.22. The van der Waals surface area contributed by atoms with E-state index in [4.69, 9.17) is 0 Å². The van der Waals surface area contributed by atoms with Crippen molar-refractivity contribution in [3.63, 3.8) is 0 Å². The van der Waals surface area contributed by atoms with E-state index in [1.165, 1.54) is 11.8 Å². The topological polar surface area (TPSA) is 70.4 Å². The maximum Gasteiger partial charge on any atom is 0.278 e. The molecule has 136 valence electrons. The summed E-state index contributed by atoms with van der Waals surface area (Å²) in [5.74, 6) is 0.147. The molecule has 2 aromatic rings. The van der Waals surface area contributed by atoms with Crippen LogP contribution < -0.4 is 5.32 Å². The maximum atomic E-state index is 12.7. The number of piperazine rings is 1. The van der Waals surface area contributed by atoms with Gasteiger partial charge in [-0.3, -0.25) is 4.79 Å². The average molecular weight is 365 g/mol. The molecular weight excluding hydrogens is 340 g/mol. The zero-order chi connectivity index (χ0) is 17.3. The Labute approximate surface area is 154 Å². The van der Waals surface area contributed by atoms with Crippen LogP contribution in [0.25, 0.3) is 5.69 Å². The predicted molar refractivity (Wildman–Crippen MR) is 99.9 cm³/mol. The van der Waals surface area contributed by atoms with Crippen LogP contribution in [0.2, 0.25) is 0 Å². The Bertz CT molecular complexity index is 727. The molecule has 6 nitrogen and oxygen atoms in total. The van der Waals surface area contributed by atoms with E-state index in [0.29, 0.717) is 12.5 Å². The Kier molecular flexibility index (Phi) is 6.08. The quantitative estimate of drug-likeness (QED) is 0.878. The number of halogens is 1. The van der Waals surface area contributed by atoms with Crippen molar-refractivity contribution in [1.29, 1.82) is 0 Å². The first-order valence-electron chi connectivity index (χ1n) is 8.38. The molecule has 1 aliphatic heterocycles. The Morgan fingerprint density at radius 3 is 2.60 bits per heavy atom. The molecule has 2 N–H and O–H groups in total. The number of nitrogens with one attached hydrogen (secondary N) is 1. The first kappa shape index (κ1) is 19.3. The van der Waals surface area contributed by atoms with Crippen molar-refractivity contribution in [2.45, 2.75) is 32.7 Å². The van der Waals surface area contributed by atoms with E-state index in [1.807, 2.05) is 31.2 Å². The van der Waals surface area contributed by atoms with Gasteiger partial charge in [0.1, 0.15) is 0 Å². The van der Waals surface area contributed by atoms with Crippen LogP contribution in [0.4, 0.5) is 0 Å². The second-order valence-electron chi connectivity index (χ2n) is 6.61. The zero-order valence-corrected chi connectivity index (χ0v) is 15.6. The number of carbonyl (C=O) groups excluding carboxylic acids is 1. The fourth-order valence-corrected chi connectivity index (χ4v) is 2.94. The van der Waals surface area contributed by atoms with Crippen LogP contribution in [0, 0.1) is 0 Å². The minimum Gasteiger partial charge on any atom is -0.504 e. The van der Waals surface area contributed by atoms with Crippen LogP contribution >= 0.6 is 12.4 Å². The summed E-state index contributed by atoms with van der Waals surface area (Å²) in [5, 5.41) is 17.7. The third-order valence-corrected chi connectivity index (χ3v) is 4.48. The smallest absolute Gasteiger partial charge is 0.278 e. The lowest BCUT2D eigenvalue weighted by Crippen LogP contribution is -2.52. The summed E-state index contributed by atoms with van der Waals surface area (Å²) < 4.78 is 1.56. The second kappa shape index (κ2) is 7.89. The first-order chi connectivity index (χ1) is 11.5. The van der Waals surface area contributed by atoms with Crippen LogP contribution in [-0.4, -0.2) is 51.4 Å². The summed E-state index contributed by atoms with van der Waals surface area (Å²) in [4.78, 5) is 14.4. The average Bonchev–Trinajstić information content (AvgIpc) is 2.96. The SMILES string of the molecule is CC(C)c1ccc(-n2cc(O)c(C(=O)N3CCNC[C@@H]3C)n2)cc1.Cl. The molecule has 0 saturated carbocycles.